The van der Waals surface area contributed by atoms with E-state index < -0.39 is 0 Å². The van der Waals surface area contributed by atoms with E-state index >= 15 is 0 Å². The maximum atomic E-state index is 13.0. The molecule has 0 radical (unpaired) electrons. The van der Waals surface area contributed by atoms with Crippen molar-refractivity contribution in [2.75, 3.05) is 5.32 Å². The molecule has 34 heavy (non-hydrogen) atoms. The minimum absolute atomic E-state index is 0.201. The van der Waals surface area contributed by atoms with Crippen molar-refractivity contribution in [3.63, 3.8) is 0 Å². The van der Waals surface area contributed by atoms with E-state index in [1.807, 2.05) is 30.7 Å². The number of halogens is 2. The van der Waals surface area contributed by atoms with E-state index in [1.165, 1.54) is 5.56 Å². The van der Waals surface area contributed by atoms with Gasteiger partial charge in [-0.1, -0.05) is 65.2 Å². The number of nitrogens with one attached hydrogen (secondary N) is 1. The molecule has 0 fully saturated rings. The van der Waals surface area contributed by atoms with Gasteiger partial charge >= 0.3 is 0 Å². The molecule has 0 unspecified atom stereocenters. The van der Waals surface area contributed by atoms with Gasteiger partial charge in [-0.2, -0.15) is 5.10 Å². The Morgan fingerprint density at radius 1 is 0.971 bits per heavy atom. The van der Waals surface area contributed by atoms with Crippen LogP contribution < -0.4 is 10.1 Å². The van der Waals surface area contributed by atoms with Crippen molar-refractivity contribution >= 4 is 34.8 Å². The fourth-order valence-electron chi connectivity index (χ4n) is 3.64. The summed E-state index contributed by atoms with van der Waals surface area (Å²) in [6.45, 7) is 6.84. The van der Waals surface area contributed by atoms with E-state index in [0.29, 0.717) is 27.9 Å². The number of carbonyl (C=O) groups excluding carboxylic acids is 1. The third-order valence-electron chi connectivity index (χ3n) is 5.55. The maximum absolute atomic E-state index is 13.0. The molecule has 0 aliphatic heterocycles. The van der Waals surface area contributed by atoms with Crippen molar-refractivity contribution in [3.05, 3.63) is 110 Å². The van der Waals surface area contributed by atoms with Crippen LogP contribution in [0.25, 0.3) is 0 Å². The van der Waals surface area contributed by atoms with Gasteiger partial charge < -0.3 is 10.1 Å². The zero-order chi connectivity index (χ0) is 24.2. The molecule has 0 aliphatic carbocycles. The molecule has 0 saturated carbocycles. The molecule has 1 heterocycles. The predicted octanol–water partition coefficient (Wildman–Crippen LogP) is 6.99. The van der Waals surface area contributed by atoms with Gasteiger partial charge in [-0.3, -0.25) is 9.48 Å². The summed E-state index contributed by atoms with van der Waals surface area (Å²) in [6, 6.07) is 20.7. The molecule has 0 saturated heterocycles. The highest BCUT2D eigenvalue weighted by Gasteiger charge is 2.16. The van der Waals surface area contributed by atoms with Crippen LogP contribution in [0.5, 0.6) is 5.75 Å². The lowest BCUT2D eigenvalue weighted by molar-refractivity contribution is 0.102. The Kier molecular flexibility index (Phi) is 7.25. The normalized spacial score (nSPS) is 10.9. The average molecular weight is 494 g/mol. The Balaban J connectivity index is 1.45. The summed E-state index contributed by atoms with van der Waals surface area (Å²) in [5.41, 5.74) is 6.16. The smallest absolute Gasteiger partial charge is 0.255 e. The topological polar surface area (TPSA) is 56.2 Å². The number of hydrogen-bond donors (Lipinski definition) is 1. The van der Waals surface area contributed by atoms with Gasteiger partial charge in [0, 0.05) is 10.6 Å². The van der Waals surface area contributed by atoms with Crippen molar-refractivity contribution in [1.82, 2.24) is 9.78 Å². The number of ether oxygens (including phenoxy) is 1. The molecule has 1 amide bonds. The molecule has 1 N–H and O–H groups in total. The van der Waals surface area contributed by atoms with E-state index in [0.717, 1.165) is 28.2 Å². The molecule has 4 rings (SSSR count). The first kappa shape index (κ1) is 23.9. The van der Waals surface area contributed by atoms with Crippen molar-refractivity contribution in [1.29, 1.82) is 0 Å². The van der Waals surface area contributed by atoms with Crippen LogP contribution in [0.4, 0.5) is 5.69 Å². The first-order chi connectivity index (χ1) is 16.3. The molecule has 4 aromatic rings. The first-order valence-corrected chi connectivity index (χ1v) is 11.6. The molecule has 3 aromatic carbocycles. The van der Waals surface area contributed by atoms with Gasteiger partial charge in [0.15, 0.2) is 0 Å². The number of benzene rings is 3. The van der Waals surface area contributed by atoms with E-state index in [2.05, 4.69) is 41.6 Å². The van der Waals surface area contributed by atoms with Gasteiger partial charge in [0.2, 0.25) is 0 Å². The zero-order valence-electron chi connectivity index (χ0n) is 19.2. The van der Waals surface area contributed by atoms with Gasteiger partial charge in [0.1, 0.15) is 12.4 Å². The monoisotopic (exact) mass is 493 g/mol. The third kappa shape index (κ3) is 5.61. The lowest BCUT2D eigenvalue weighted by Crippen LogP contribution is -2.14. The van der Waals surface area contributed by atoms with E-state index in [4.69, 9.17) is 27.9 Å². The summed E-state index contributed by atoms with van der Waals surface area (Å²) in [5, 5.41) is 8.64. The minimum Gasteiger partial charge on any atom is -0.487 e. The second kappa shape index (κ2) is 10.3. The van der Waals surface area contributed by atoms with Gasteiger partial charge in [-0.25, -0.2) is 0 Å². The highest BCUT2D eigenvalue weighted by Crippen LogP contribution is 2.28. The second-order valence-electron chi connectivity index (χ2n) is 8.21. The van der Waals surface area contributed by atoms with Crippen molar-refractivity contribution in [3.8, 4) is 5.75 Å². The molecule has 0 spiro atoms. The van der Waals surface area contributed by atoms with Crippen LogP contribution in [0.15, 0.2) is 66.7 Å². The predicted molar refractivity (Wildman–Crippen MR) is 137 cm³/mol. The number of aryl methyl sites for hydroxylation is 2. The van der Waals surface area contributed by atoms with Crippen LogP contribution in [0.2, 0.25) is 10.0 Å². The number of aromatic nitrogens is 2. The van der Waals surface area contributed by atoms with Gasteiger partial charge in [0.25, 0.3) is 5.91 Å². The summed E-state index contributed by atoms with van der Waals surface area (Å²) >= 11 is 12.1. The molecular weight excluding hydrogens is 469 g/mol. The molecule has 0 bridgehead atoms. The van der Waals surface area contributed by atoms with Crippen LogP contribution in [0, 0.1) is 20.8 Å². The maximum Gasteiger partial charge on any atom is 0.255 e. The van der Waals surface area contributed by atoms with E-state index in [9.17, 15) is 4.79 Å². The Labute approximate surface area is 209 Å². The lowest BCUT2D eigenvalue weighted by atomic mass is 10.1. The molecule has 174 valence electrons. The zero-order valence-corrected chi connectivity index (χ0v) is 20.7. The van der Waals surface area contributed by atoms with E-state index in [1.54, 1.807) is 30.3 Å². The Hall–Kier alpha value is -3.28. The molecule has 1 aromatic heterocycles. The molecule has 0 atom stereocenters. The second-order valence-corrected chi connectivity index (χ2v) is 9.05. The summed E-state index contributed by atoms with van der Waals surface area (Å²) in [4.78, 5) is 13.0. The summed E-state index contributed by atoms with van der Waals surface area (Å²) < 4.78 is 7.71. The molecular formula is C27H25Cl2N3O2. The van der Waals surface area contributed by atoms with E-state index in [-0.39, 0.29) is 12.5 Å². The summed E-state index contributed by atoms with van der Waals surface area (Å²) in [7, 11) is 0. The summed E-state index contributed by atoms with van der Waals surface area (Å²) in [5.74, 6) is 0.334. The van der Waals surface area contributed by atoms with Crippen LogP contribution in [-0.2, 0) is 13.2 Å². The van der Waals surface area contributed by atoms with Crippen molar-refractivity contribution in [2.45, 2.75) is 33.9 Å². The standard InChI is InChI=1S/C27H25Cl2N3O2/c1-17-7-9-20(10-8-17)15-32-19(3)26(18(2)31-32)30-27(33)22-6-4-5-21(13-22)16-34-25-12-11-23(28)14-24(25)29/h4-14H,15-16H2,1-3H3,(H,30,33). The van der Waals surface area contributed by atoms with Gasteiger partial charge in [-0.15, -0.1) is 0 Å². The fourth-order valence-corrected chi connectivity index (χ4v) is 4.10. The Morgan fingerprint density at radius 3 is 2.47 bits per heavy atom. The third-order valence-corrected chi connectivity index (χ3v) is 6.08. The van der Waals surface area contributed by atoms with Gasteiger partial charge in [-0.05, 0) is 62.2 Å². The number of carbonyl (C=O) groups is 1. The van der Waals surface area contributed by atoms with Gasteiger partial charge in [0.05, 0.1) is 28.6 Å². The number of rotatable bonds is 7. The average Bonchev–Trinajstić information content (AvgIpc) is 3.07. The first-order valence-electron chi connectivity index (χ1n) is 10.9. The molecule has 7 heteroatoms. The molecule has 5 nitrogen and oxygen atoms in total. The highest BCUT2D eigenvalue weighted by molar-refractivity contribution is 6.35. The quantitative estimate of drug-likeness (QED) is 0.301. The minimum atomic E-state index is -0.201. The fraction of sp³-hybridized carbons (Fsp3) is 0.185. The van der Waals surface area contributed by atoms with Crippen LogP contribution in [0.1, 0.15) is 38.4 Å². The van der Waals surface area contributed by atoms with Crippen LogP contribution in [-0.4, -0.2) is 15.7 Å². The number of hydrogen-bond acceptors (Lipinski definition) is 3. The number of amides is 1. The van der Waals surface area contributed by atoms with Crippen LogP contribution in [0.3, 0.4) is 0 Å². The number of anilines is 1. The Bertz CT molecular complexity index is 1330. The van der Waals surface area contributed by atoms with Crippen molar-refractivity contribution < 1.29 is 9.53 Å². The van der Waals surface area contributed by atoms with Crippen molar-refractivity contribution in [2.24, 2.45) is 0 Å². The largest absolute Gasteiger partial charge is 0.487 e. The SMILES string of the molecule is Cc1ccc(Cn2nc(C)c(NC(=O)c3cccc(COc4ccc(Cl)cc4Cl)c3)c2C)cc1. The number of nitrogens with zero attached hydrogens (tertiary/aromatic N) is 2. The highest BCUT2D eigenvalue weighted by atomic mass is 35.5. The van der Waals surface area contributed by atoms with Crippen LogP contribution >= 0.6 is 23.2 Å². The molecule has 0 aliphatic rings. The lowest BCUT2D eigenvalue weighted by Gasteiger charge is -2.10. The Morgan fingerprint density at radius 2 is 1.74 bits per heavy atom. The summed E-state index contributed by atoms with van der Waals surface area (Å²) in [6.07, 6.45) is 0.